The molecule has 0 bridgehead atoms. The summed E-state index contributed by atoms with van der Waals surface area (Å²) in [5.74, 6) is 0.508. The Morgan fingerprint density at radius 1 is 1.15 bits per heavy atom. The SMILES string of the molecule is Fc1ccccc1C1CNCc2cc(OCCCN3CCCCC3)ncc21. The number of nitrogens with zero attached hydrogens (tertiary/aromatic N) is 2. The molecule has 4 rings (SSSR count). The Balaban J connectivity index is 1.37. The molecule has 27 heavy (non-hydrogen) atoms. The molecule has 1 saturated heterocycles. The molecule has 0 spiro atoms. The lowest BCUT2D eigenvalue weighted by Gasteiger charge is -2.27. The van der Waals surface area contributed by atoms with Crippen LogP contribution in [0, 0.1) is 5.82 Å². The molecule has 4 nitrogen and oxygen atoms in total. The fourth-order valence-electron chi connectivity index (χ4n) is 4.18. The number of likely N-dealkylation sites (tertiary alicyclic amines) is 1. The van der Waals surface area contributed by atoms with Crippen LogP contribution >= 0.6 is 0 Å². The number of fused-ring (bicyclic) bond motifs is 1. The highest BCUT2D eigenvalue weighted by Gasteiger charge is 2.24. The van der Waals surface area contributed by atoms with Gasteiger partial charge in [-0.3, -0.25) is 0 Å². The third-order valence-corrected chi connectivity index (χ3v) is 5.64. The van der Waals surface area contributed by atoms with Crippen molar-refractivity contribution in [1.29, 1.82) is 0 Å². The number of pyridine rings is 1. The van der Waals surface area contributed by atoms with Crippen LogP contribution in [0.2, 0.25) is 0 Å². The van der Waals surface area contributed by atoms with Gasteiger partial charge in [-0.05, 0) is 55.1 Å². The Labute approximate surface area is 160 Å². The maximum Gasteiger partial charge on any atom is 0.213 e. The van der Waals surface area contributed by atoms with Crippen LogP contribution in [-0.4, -0.2) is 42.7 Å². The van der Waals surface area contributed by atoms with E-state index in [0.29, 0.717) is 12.5 Å². The molecule has 144 valence electrons. The first-order valence-electron chi connectivity index (χ1n) is 10.1. The maximum atomic E-state index is 14.2. The number of rotatable bonds is 6. The van der Waals surface area contributed by atoms with Crippen LogP contribution in [0.4, 0.5) is 4.39 Å². The van der Waals surface area contributed by atoms with Crippen molar-refractivity contribution < 1.29 is 9.13 Å². The van der Waals surface area contributed by atoms with Gasteiger partial charge in [-0.2, -0.15) is 0 Å². The van der Waals surface area contributed by atoms with Gasteiger partial charge in [0.1, 0.15) is 5.82 Å². The zero-order valence-corrected chi connectivity index (χ0v) is 15.8. The molecular formula is C22H28FN3O. The highest BCUT2D eigenvalue weighted by molar-refractivity contribution is 5.41. The van der Waals surface area contributed by atoms with Crippen molar-refractivity contribution in [1.82, 2.24) is 15.2 Å². The van der Waals surface area contributed by atoms with Crippen molar-refractivity contribution in [2.45, 2.75) is 38.1 Å². The summed E-state index contributed by atoms with van der Waals surface area (Å²) < 4.78 is 20.1. The van der Waals surface area contributed by atoms with Gasteiger partial charge in [0.15, 0.2) is 0 Å². The van der Waals surface area contributed by atoms with Crippen LogP contribution in [0.25, 0.3) is 0 Å². The van der Waals surface area contributed by atoms with E-state index in [0.717, 1.165) is 42.7 Å². The van der Waals surface area contributed by atoms with Gasteiger partial charge in [-0.15, -0.1) is 0 Å². The van der Waals surface area contributed by atoms with E-state index in [9.17, 15) is 4.39 Å². The predicted octanol–water partition coefficient (Wildman–Crippen LogP) is 3.71. The molecule has 0 saturated carbocycles. The number of benzene rings is 1. The van der Waals surface area contributed by atoms with E-state index in [-0.39, 0.29) is 11.7 Å². The van der Waals surface area contributed by atoms with E-state index in [2.05, 4.69) is 15.2 Å². The molecule has 0 amide bonds. The van der Waals surface area contributed by atoms with Crippen molar-refractivity contribution in [2.24, 2.45) is 0 Å². The second-order valence-electron chi connectivity index (χ2n) is 7.53. The van der Waals surface area contributed by atoms with Crippen LogP contribution in [0.15, 0.2) is 36.5 Å². The minimum absolute atomic E-state index is 0.00407. The van der Waals surface area contributed by atoms with Gasteiger partial charge in [0.25, 0.3) is 0 Å². The molecule has 1 N–H and O–H groups in total. The van der Waals surface area contributed by atoms with Gasteiger partial charge in [0.05, 0.1) is 6.61 Å². The number of piperidine rings is 1. The molecule has 1 fully saturated rings. The zero-order chi connectivity index (χ0) is 18.5. The fraction of sp³-hybridized carbons (Fsp3) is 0.500. The quantitative estimate of drug-likeness (QED) is 0.788. The third kappa shape index (κ3) is 4.47. The summed E-state index contributed by atoms with van der Waals surface area (Å²) in [7, 11) is 0. The molecule has 1 aromatic heterocycles. The number of ether oxygens (including phenoxy) is 1. The van der Waals surface area contributed by atoms with Gasteiger partial charge in [0, 0.05) is 37.8 Å². The Bertz CT molecular complexity index is 761. The number of halogens is 1. The van der Waals surface area contributed by atoms with E-state index in [4.69, 9.17) is 4.74 Å². The largest absolute Gasteiger partial charge is 0.478 e. The molecule has 5 heteroatoms. The average Bonchev–Trinajstić information content (AvgIpc) is 2.72. The van der Waals surface area contributed by atoms with Crippen LogP contribution < -0.4 is 10.1 Å². The molecule has 2 aliphatic heterocycles. The highest BCUT2D eigenvalue weighted by Crippen LogP contribution is 2.32. The van der Waals surface area contributed by atoms with E-state index in [1.807, 2.05) is 24.4 Å². The monoisotopic (exact) mass is 369 g/mol. The summed E-state index contributed by atoms with van der Waals surface area (Å²) >= 11 is 0. The highest BCUT2D eigenvalue weighted by atomic mass is 19.1. The summed E-state index contributed by atoms with van der Waals surface area (Å²) in [5.41, 5.74) is 2.97. The molecule has 3 heterocycles. The lowest BCUT2D eigenvalue weighted by Crippen LogP contribution is -2.31. The second-order valence-corrected chi connectivity index (χ2v) is 7.53. The minimum atomic E-state index is -0.157. The van der Waals surface area contributed by atoms with Crippen molar-refractivity contribution in [2.75, 3.05) is 32.8 Å². The molecule has 1 atom stereocenters. The van der Waals surface area contributed by atoms with Gasteiger partial charge in [0.2, 0.25) is 5.88 Å². The summed E-state index contributed by atoms with van der Waals surface area (Å²) in [4.78, 5) is 7.02. The van der Waals surface area contributed by atoms with Crippen molar-refractivity contribution in [3.8, 4) is 5.88 Å². The maximum absolute atomic E-state index is 14.2. The molecule has 1 unspecified atom stereocenters. The summed E-state index contributed by atoms with van der Waals surface area (Å²) in [5, 5.41) is 3.40. The van der Waals surface area contributed by atoms with E-state index in [1.54, 1.807) is 6.07 Å². The normalized spacial score (nSPS) is 20.3. The smallest absolute Gasteiger partial charge is 0.213 e. The van der Waals surface area contributed by atoms with Crippen LogP contribution in [0.5, 0.6) is 5.88 Å². The zero-order valence-electron chi connectivity index (χ0n) is 15.8. The number of hydrogen-bond acceptors (Lipinski definition) is 4. The number of hydrogen-bond donors (Lipinski definition) is 1. The summed E-state index contributed by atoms with van der Waals surface area (Å²) in [6.07, 6.45) is 6.91. The van der Waals surface area contributed by atoms with Crippen LogP contribution in [0.3, 0.4) is 0 Å². The van der Waals surface area contributed by atoms with Gasteiger partial charge in [-0.25, -0.2) is 9.37 Å². The third-order valence-electron chi connectivity index (χ3n) is 5.64. The Hall–Kier alpha value is -1.98. The summed E-state index contributed by atoms with van der Waals surface area (Å²) in [6.45, 7) is 5.73. The molecule has 0 radical (unpaired) electrons. The Morgan fingerprint density at radius 3 is 2.85 bits per heavy atom. The molecule has 1 aromatic carbocycles. The van der Waals surface area contributed by atoms with E-state index in [1.165, 1.54) is 38.4 Å². The van der Waals surface area contributed by atoms with Gasteiger partial charge < -0.3 is 15.0 Å². The standard InChI is InChI=1S/C22H28FN3O/c23-21-8-3-2-7-18(21)20-15-24-14-17-13-22(25-16-19(17)20)27-12-6-11-26-9-4-1-5-10-26/h2-3,7-8,13,16,20,24H,1,4-6,9-12,14-15H2. The van der Waals surface area contributed by atoms with Crippen molar-refractivity contribution in [3.63, 3.8) is 0 Å². The van der Waals surface area contributed by atoms with Gasteiger partial charge >= 0.3 is 0 Å². The lowest BCUT2D eigenvalue weighted by molar-refractivity contribution is 0.203. The summed E-state index contributed by atoms with van der Waals surface area (Å²) in [6, 6.07) is 9.02. The van der Waals surface area contributed by atoms with Crippen LogP contribution in [-0.2, 0) is 6.54 Å². The molecule has 2 aromatic rings. The van der Waals surface area contributed by atoms with Crippen molar-refractivity contribution in [3.05, 3.63) is 59.0 Å². The Morgan fingerprint density at radius 2 is 2.00 bits per heavy atom. The fourth-order valence-corrected chi connectivity index (χ4v) is 4.18. The number of nitrogens with one attached hydrogen (secondary N) is 1. The topological polar surface area (TPSA) is 37.4 Å². The van der Waals surface area contributed by atoms with Crippen molar-refractivity contribution >= 4 is 0 Å². The number of aromatic nitrogens is 1. The van der Waals surface area contributed by atoms with E-state index >= 15 is 0 Å². The second kappa shape index (κ2) is 8.81. The molecular weight excluding hydrogens is 341 g/mol. The van der Waals surface area contributed by atoms with Gasteiger partial charge in [-0.1, -0.05) is 24.6 Å². The average molecular weight is 369 g/mol. The van der Waals surface area contributed by atoms with E-state index < -0.39 is 0 Å². The van der Waals surface area contributed by atoms with Crippen LogP contribution in [0.1, 0.15) is 48.3 Å². The predicted molar refractivity (Wildman–Crippen MR) is 105 cm³/mol. The Kier molecular flexibility index (Phi) is 6.00. The first kappa shape index (κ1) is 18.4. The minimum Gasteiger partial charge on any atom is -0.478 e. The first-order valence-corrected chi connectivity index (χ1v) is 10.1. The molecule has 2 aliphatic rings. The molecule has 0 aliphatic carbocycles. The lowest BCUT2D eigenvalue weighted by atomic mass is 9.86. The first-order chi connectivity index (χ1) is 13.3.